The number of nitrogens with one attached hydrogen (secondary N) is 1. The summed E-state index contributed by atoms with van der Waals surface area (Å²) in [6.07, 6.45) is 1.78. The van der Waals surface area contributed by atoms with E-state index in [1.54, 1.807) is 13.3 Å². The minimum absolute atomic E-state index is 0.382. The highest BCUT2D eigenvalue weighted by atomic mass is 19.2. The SMILES string of the molecule is COc1ccccc1OCCC1NCC2(C=Nc3ccccc32)N1F. The van der Waals surface area contributed by atoms with Gasteiger partial charge in [-0.15, -0.1) is 9.60 Å². The van der Waals surface area contributed by atoms with E-state index in [1.807, 2.05) is 48.5 Å². The number of nitrogens with zero attached hydrogens (tertiary/aromatic N) is 2. The summed E-state index contributed by atoms with van der Waals surface area (Å²) in [6.45, 7) is 0.872. The summed E-state index contributed by atoms with van der Waals surface area (Å²) in [5, 5.41) is 4.11. The molecule has 2 aliphatic heterocycles. The smallest absolute Gasteiger partial charge is 0.161 e. The molecule has 25 heavy (non-hydrogen) atoms. The van der Waals surface area contributed by atoms with Crippen molar-refractivity contribution in [3.05, 3.63) is 54.1 Å². The van der Waals surface area contributed by atoms with Gasteiger partial charge in [0.2, 0.25) is 0 Å². The van der Waals surface area contributed by atoms with Gasteiger partial charge in [-0.3, -0.25) is 10.3 Å². The van der Waals surface area contributed by atoms with E-state index in [0.717, 1.165) is 16.4 Å². The van der Waals surface area contributed by atoms with Crippen molar-refractivity contribution in [2.24, 2.45) is 4.99 Å². The van der Waals surface area contributed by atoms with Crippen LogP contribution >= 0.6 is 0 Å². The molecule has 0 aromatic heterocycles. The van der Waals surface area contributed by atoms with Crippen LogP contribution in [0.5, 0.6) is 11.5 Å². The minimum Gasteiger partial charge on any atom is -0.493 e. The third kappa shape index (κ3) is 2.67. The predicted octanol–water partition coefficient (Wildman–Crippen LogP) is 3.19. The molecule has 2 aromatic rings. The van der Waals surface area contributed by atoms with Crippen LogP contribution in [0.15, 0.2) is 53.5 Å². The van der Waals surface area contributed by atoms with Gasteiger partial charge in [0.15, 0.2) is 11.5 Å². The average Bonchev–Trinajstić information content (AvgIpc) is 3.19. The molecule has 5 nitrogen and oxygen atoms in total. The fraction of sp³-hybridized carbons (Fsp3) is 0.316. The number of fused-ring (bicyclic) bond motifs is 2. The number of halogens is 1. The highest BCUT2D eigenvalue weighted by Gasteiger charge is 2.50. The third-order valence-corrected chi connectivity index (χ3v) is 4.77. The molecule has 6 heteroatoms. The van der Waals surface area contributed by atoms with E-state index >= 15 is 4.48 Å². The molecule has 1 fully saturated rings. The summed E-state index contributed by atoms with van der Waals surface area (Å²) in [4.78, 5) is 4.38. The van der Waals surface area contributed by atoms with Crippen molar-refractivity contribution in [3.63, 3.8) is 0 Å². The number of hydrogen-bond donors (Lipinski definition) is 1. The molecule has 2 aliphatic rings. The van der Waals surface area contributed by atoms with Gasteiger partial charge in [-0.1, -0.05) is 30.3 Å². The van der Waals surface area contributed by atoms with Crippen LogP contribution in [0.1, 0.15) is 12.0 Å². The lowest BCUT2D eigenvalue weighted by Gasteiger charge is -2.27. The average molecular weight is 341 g/mol. The van der Waals surface area contributed by atoms with Gasteiger partial charge in [-0.05, 0) is 18.2 Å². The first-order chi connectivity index (χ1) is 12.2. The van der Waals surface area contributed by atoms with E-state index in [4.69, 9.17) is 9.47 Å². The summed E-state index contributed by atoms with van der Waals surface area (Å²) in [6, 6.07) is 15.1. The van der Waals surface area contributed by atoms with Crippen LogP contribution in [0.3, 0.4) is 0 Å². The molecule has 130 valence electrons. The van der Waals surface area contributed by atoms with Gasteiger partial charge in [0, 0.05) is 24.7 Å². The molecular formula is C19H20FN3O2. The van der Waals surface area contributed by atoms with Gasteiger partial charge in [0.25, 0.3) is 0 Å². The number of aliphatic imine (C=N–C) groups is 1. The second-order valence-corrected chi connectivity index (χ2v) is 6.20. The Morgan fingerprint density at radius 1 is 1.20 bits per heavy atom. The molecule has 2 atom stereocenters. The van der Waals surface area contributed by atoms with Crippen molar-refractivity contribution >= 4 is 11.9 Å². The molecule has 0 aliphatic carbocycles. The lowest BCUT2D eigenvalue weighted by molar-refractivity contribution is -0.0592. The van der Waals surface area contributed by atoms with E-state index in [2.05, 4.69) is 10.3 Å². The zero-order chi connectivity index (χ0) is 17.3. The molecular weight excluding hydrogens is 321 g/mol. The van der Waals surface area contributed by atoms with Crippen LogP contribution < -0.4 is 14.8 Å². The number of rotatable bonds is 5. The summed E-state index contributed by atoms with van der Waals surface area (Å²) in [7, 11) is 1.60. The fourth-order valence-electron chi connectivity index (χ4n) is 3.45. The molecule has 2 aromatic carbocycles. The van der Waals surface area contributed by atoms with Crippen molar-refractivity contribution in [1.82, 2.24) is 10.4 Å². The van der Waals surface area contributed by atoms with Gasteiger partial charge >= 0.3 is 0 Å². The monoisotopic (exact) mass is 341 g/mol. The van der Waals surface area contributed by atoms with Crippen molar-refractivity contribution in [2.75, 3.05) is 20.3 Å². The molecule has 4 rings (SSSR count). The second-order valence-electron chi connectivity index (χ2n) is 6.20. The highest BCUT2D eigenvalue weighted by molar-refractivity contribution is 5.85. The van der Waals surface area contributed by atoms with E-state index in [0.29, 0.717) is 31.1 Å². The van der Waals surface area contributed by atoms with Crippen molar-refractivity contribution in [2.45, 2.75) is 18.1 Å². The van der Waals surface area contributed by atoms with Crippen molar-refractivity contribution < 1.29 is 14.0 Å². The normalized spacial score (nSPS) is 24.6. The van der Waals surface area contributed by atoms with Gasteiger partial charge in [0.05, 0.1) is 25.6 Å². The minimum atomic E-state index is -0.814. The van der Waals surface area contributed by atoms with E-state index in [9.17, 15) is 0 Å². The summed E-state index contributed by atoms with van der Waals surface area (Å²) in [5.74, 6) is 1.34. The molecule has 0 saturated carbocycles. The Bertz CT molecular complexity index is 798. The maximum atomic E-state index is 15.1. The molecule has 0 radical (unpaired) electrons. The summed E-state index contributed by atoms with van der Waals surface area (Å²) in [5.41, 5.74) is 0.919. The fourth-order valence-corrected chi connectivity index (χ4v) is 3.45. The molecule has 2 unspecified atom stereocenters. The molecule has 2 heterocycles. The van der Waals surface area contributed by atoms with Crippen LogP contribution in [0.25, 0.3) is 0 Å². The van der Waals surface area contributed by atoms with Crippen LogP contribution in [-0.2, 0) is 5.54 Å². The van der Waals surface area contributed by atoms with E-state index < -0.39 is 11.7 Å². The maximum Gasteiger partial charge on any atom is 0.161 e. The van der Waals surface area contributed by atoms with Gasteiger partial charge < -0.3 is 9.47 Å². The Morgan fingerprint density at radius 3 is 2.80 bits per heavy atom. The summed E-state index contributed by atoms with van der Waals surface area (Å²) < 4.78 is 26.1. The Morgan fingerprint density at radius 2 is 1.96 bits per heavy atom. The van der Waals surface area contributed by atoms with Crippen LogP contribution in [0.2, 0.25) is 0 Å². The number of ether oxygens (including phenoxy) is 2. The lowest BCUT2D eigenvalue weighted by Crippen LogP contribution is -2.41. The highest BCUT2D eigenvalue weighted by Crippen LogP contribution is 2.42. The largest absolute Gasteiger partial charge is 0.493 e. The number of methoxy groups -OCH3 is 1. The van der Waals surface area contributed by atoms with Crippen LogP contribution in [0, 0.1) is 0 Å². The lowest BCUT2D eigenvalue weighted by atomic mass is 9.93. The Hall–Kier alpha value is -2.44. The number of para-hydroxylation sites is 3. The predicted molar refractivity (Wildman–Crippen MR) is 94.1 cm³/mol. The van der Waals surface area contributed by atoms with Gasteiger partial charge in [-0.25, -0.2) is 0 Å². The standard InChI is InChI=1S/C19H20FN3O2/c1-24-16-8-4-5-9-17(16)25-11-10-18-22-13-19(23(18)20)12-21-15-7-3-2-6-14(15)19/h2-9,12,18,22H,10-11,13H2,1H3. The van der Waals surface area contributed by atoms with Gasteiger partial charge in [-0.2, -0.15) is 0 Å². The Kier molecular flexibility index (Phi) is 4.15. The first-order valence-corrected chi connectivity index (χ1v) is 8.34. The zero-order valence-electron chi connectivity index (χ0n) is 14.0. The van der Waals surface area contributed by atoms with Crippen molar-refractivity contribution in [1.29, 1.82) is 0 Å². The van der Waals surface area contributed by atoms with E-state index in [-0.39, 0.29) is 0 Å². The Balaban J connectivity index is 1.42. The zero-order valence-corrected chi connectivity index (χ0v) is 14.0. The molecule has 1 spiro atoms. The van der Waals surface area contributed by atoms with Crippen molar-refractivity contribution in [3.8, 4) is 11.5 Å². The molecule has 0 bridgehead atoms. The summed E-state index contributed by atoms with van der Waals surface area (Å²) >= 11 is 0. The topological polar surface area (TPSA) is 46.1 Å². The molecule has 0 amide bonds. The Labute approximate surface area is 146 Å². The quantitative estimate of drug-likeness (QED) is 0.849. The van der Waals surface area contributed by atoms with E-state index in [1.165, 1.54) is 0 Å². The first-order valence-electron chi connectivity index (χ1n) is 8.34. The van der Waals surface area contributed by atoms with Gasteiger partial charge in [0.1, 0.15) is 5.54 Å². The van der Waals surface area contributed by atoms with Crippen LogP contribution in [-0.4, -0.2) is 37.8 Å². The number of hydrogen-bond acceptors (Lipinski definition) is 5. The second kappa shape index (κ2) is 6.46. The maximum absolute atomic E-state index is 15.1. The molecule has 1 N–H and O–H groups in total. The van der Waals surface area contributed by atoms with Crippen LogP contribution in [0.4, 0.5) is 10.2 Å². The molecule has 1 saturated heterocycles. The first kappa shape index (κ1) is 16.1. The third-order valence-electron chi connectivity index (χ3n) is 4.77. The number of benzene rings is 2.